The largest absolute Gasteiger partial charge is 0.309 e. The summed E-state index contributed by atoms with van der Waals surface area (Å²) in [6.45, 7) is 0. The van der Waals surface area contributed by atoms with Gasteiger partial charge in [-0.15, -0.1) is 22.7 Å². The summed E-state index contributed by atoms with van der Waals surface area (Å²) in [4.78, 5) is 0. The van der Waals surface area contributed by atoms with Crippen LogP contribution in [0.25, 0.3) is 67.8 Å². The lowest BCUT2D eigenvalue weighted by molar-refractivity contribution is 1.19. The number of para-hydroxylation sites is 1. The van der Waals surface area contributed by atoms with Gasteiger partial charge < -0.3 is 4.57 Å². The van der Waals surface area contributed by atoms with Crippen molar-refractivity contribution in [2.45, 2.75) is 0 Å². The summed E-state index contributed by atoms with van der Waals surface area (Å²) in [6, 6.07) is 37.8. The summed E-state index contributed by atoms with van der Waals surface area (Å²) in [5.41, 5.74) is 3.74. The number of benzene rings is 5. The Kier molecular flexibility index (Phi) is 3.48. The summed E-state index contributed by atoms with van der Waals surface area (Å²) >= 11 is 3.84. The molecule has 0 aliphatic rings. The van der Waals surface area contributed by atoms with Crippen molar-refractivity contribution < 1.29 is 0 Å². The van der Waals surface area contributed by atoms with Crippen molar-refractivity contribution in [3.8, 4) is 5.69 Å². The van der Waals surface area contributed by atoms with Crippen molar-refractivity contribution in [2.24, 2.45) is 0 Å². The van der Waals surface area contributed by atoms with Crippen LogP contribution in [0.5, 0.6) is 0 Å². The normalized spacial score (nSPS) is 12.2. The number of hydrogen-bond acceptors (Lipinski definition) is 2. The van der Waals surface area contributed by atoms with Crippen molar-refractivity contribution in [3.05, 3.63) is 103 Å². The Morgan fingerprint density at radius 3 is 2.18 bits per heavy atom. The zero-order valence-electron chi connectivity index (χ0n) is 17.6. The van der Waals surface area contributed by atoms with Gasteiger partial charge in [-0.1, -0.05) is 66.7 Å². The lowest BCUT2D eigenvalue weighted by Crippen LogP contribution is -1.93. The molecular weight excluding hydrogens is 438 g/mol. The zero-order valence-corrected chi connectivity index (χ0v) is 19.2. The van der Waals surface area contributed by atoms with E-state index in [9.17, 15) is 0 Å². The molecule has 3 heterocycles. The zero-order chi connectivity index (χ0) is 21.5. The number of hydrogen-bond donors (Lipinski definition) is 0. The minimum Gasteiger partial charge on any atom is -0.309 e. The van der Waals surface area contributed by atoms with Gasteiger partial charge in [0.25, 0.3) is 0 Å². The molecule has 0 fully saturated rings. The molecule has 5 aromatic carbocycles. The molecule has 0 spiro atoms. The molecule has 33 heavy (non-hydrogen) atoms. The maximum absolute atomic E-state index is 2.44. The molecule has 8 rings (SSSR count). The molecule has 0 atom stereocenters. The van der Waals surface area contributed by atoms with Crippen LogP contribution in [0, 0.1) is 0 Å². The van der Waals surface area contributed by atoms with Gasteiger partial charge in [-0.05, 0) is 47.2 Å². The summed E-state index contributed by atoms with van der Waals surface area (Å²) in [5, 5.41) is 9.32. The van der Waals surface area contributed by atoms with Gasteiger partial charge in [-0.2, -0.15) is 0 Å². The summed E-state index contributed by atoms with van der Waals surface area (Å²) in [7, 11) is 0. The second-order valence-electron chi connectivity index (χ2n) is 8.61. The molecule has 0 bridgehead atoms. The monoisotopic (exact) mass is 455 g/mol. The highest BCUT2D eigenvalue weighted by atomic mass is 32.2. The molecule has 0 unspecified atom stereocenters. The van der Waals surface area contributed by atoms with E-state index >= 15 is 0 Å². The van der Waals surface area contributed by atoms with E-state index in [0.717, 1.165) is 0 Å². The molecule has 0 saturated carbocycles. The van der Waals surface area contributed by atoms with Crippen molar-refractivity contribution in [2.75, 3.05) is 0 Å². The van der Waals surface area contributed by atoms with Crippen molar-refractivity contribution in [1.29, 1.82) is 0 Å². The van der Waals surface area contributed by atoms with Crippen LogP contribution >= 0.6 is 22.7 Å². The van der Waals surface area contributed by atoms with Crippen LogP contribution < -0.4 is 0 Å². The average molecular weight is 456 g/mol. The highest BCUT2D eigenvalue weighted by Gasteiger charge is 2.17. The molecule has 3 heteroatoms. The van der Waals surface area contributed by atoms with Gasteiger partial charge in [0.05, 0.1) is 15.0 Å². The van der Waals surface area contributed by atoms with Gasteiger partial charge in [-0.3, -0.25) is 0 Å². The van der Waals surface area contributed by atoms with E-state index in [4.69, 9.17) is 0 Å². The minimum atomic E-state index is 1.21. The first-order chi connectivity index (χ1) is 16.3. The van der Waals surface area contributed by atoms with Gasteiger partial charge in [-0.25, -0.2) is 0 Å². The number of thiophene rings is 2. The lowest BCUT2D eigenvalue weighted by Gasteiger charge is -2.09. The lowest BCUT2D eigenvalue weighted by atomic mass is 10.1. The molecule has 0 N–H and O–H groups in total. The van der Waals surface area contributed by atoms with E-state index in [1.54, 1.807) is 0 Å². The Balaban J connectivity index is 1.55. The van der Waals surface area contributed by atoms with Crippen LogP contribution in [0.4, 0.5) is 0 Å². The third kappa shape index (κ3) is 2.41. The van der Waals surface area contributed by atoms with E-state index in [2.05, 4.69) is 108 Å². The summed E-state index contributed by atoms with van der Waals surface area (Å²) in [5.74, 6) is 0. The van der Waals surface area contributed by atoms with Crippen LogP contribution in [0.2, 0.25) is 0 Å². The average Bonchev–Trinajstić information content (AvgIpc) is 3.50. The van der Waals surface area contributed by atoms with Crippen LogP contribution in [0.15, 0.2) is 103 Å². The quantitative estimate of drug-likeness (QED) is 0.232. The van der Waals surface area contributed by atoms with Gasteiger partial charge in [0.2, 0.25) is 0 Å². The molecule has 0 aliphatic carbocycles. The Labute approximate surface area is 197 Å². The third-order valence-electron chi connectivity index (χ3n) is 6.80. The highest BCUT2D eigenvalue weighted by molar-refractivity contribution is 7.44. The molecule has 0 radical (unpaired) electrons. The SMILES string of the molecule is c1ccc2cc(-n3c4ccccc4c4cc5sc6sc7ccccc7c6c5cc43)ccc2c1. The number of aromatic nitrogens is 1. The van der Waals surface area contributed by atoms with E-state index in [0.29, 0.717) is 0 Å². The van der Waals surface area contributed by atoms with E-state index in [1.807, 2.05) is 22.7 Å². The predicted molar refractivity (Wildman–Crippen MR) is 147 cm³/mol. The minimum absolute atomic E-state index is 1.21. The fraction of sp³-hybridized carbons (Fsp3) is 0. The maximum atomic E-state index is 2.44. The van der Waals surface area contributed by atoms with Crippen molar-refractivity contribution in [3.63, 3.8) is 0 Å². The number of fused-ring (bicyclic) bond motifs is 9. The van der Waals surface area contributed by atoms with Crippen LogP contribution in [0.1, 0.15) is 0 Å². The standard InChI is InChI=1S/C30H17NS2/c1-2-8-19-15-20(14-13-18(19)7-1)31-25-11-5-3-9-21(25)23-17-28-24(16-26(23)31)29-22-10-4-6-12-27(22)32-30(29)33-28/h1-17H. The Bertz CT molecular complexity index is 2030. The molecule has 154 valence electrons. The molecule has 0 saturated heterocycles. The topological polar surface area (TPSA) is 4.93 Å². The van der Waals surface area contributed by atoms with Crippen molar-refractivity contribution in [1.82, 2.24) is 4.57 Å². The Hall–Kier alpha value is -3.66. The molecular formula is C30H17NS2. The van der Waals surface area contributed by atoms with Gasteiger partial charge in [0.1, 0.15) is 0 Å². The van der Waals surface area contributed by atoms with Gasteiger partial charge in [0, 0.05) is 42.0 Å². The maximum Gasteiger partial charge on any atom is 0.0890 e. The van der Waals surface area contributed by atoms with Crippen LogP contribution in [-0.2, 0) is 0 Å². The first kappa shape index (κ1) is 17.8. The van der Waals surface area contributed by atoms with Crippen LogP contribution in [-0.4, -0.2) is 4.57 Å². The second kappa shape index (κ2) is 6.44. The van der Waals surface area contributed by atoms with E-state index in [-0.39, 0.29) is 0 Å². The molecule has 3 aromatic heterocycles. The first-order valence-electron chi connectivity index (χ1n) is 11.1. The predicted octanol–water partition coefficient (Wildman–Crippen LogP) is 9.52. The fourth-order valence-corrected chi connectivity index (χ4v) is 7.94. The van der Waals surface area contributed by atoms with E-state index < -0.39 is 0 Å². The summed E-state index contributed by atoms with van der Waals surface area (Å²) < 4.78 is 6.60. The molecule has 0 amide bonds. The smallest absolute Gasteiger partial charge is 0.0890 e. The summed E-state index contributed by atoms with van der Waals surface area (Å²) in [6.07, 6.45) is 0. The Morgan fingerprint density at radius 1 is 0.485 bits per heavy atom. The van der Waals surface area contributed by atoms with Gasteiger partial charge in [0.15, 0.2) is 0 Å². The third-order valence-corrected chi connectivity index (χ3v) is 9.21. The first-order valence-corrected chi connectivity index (χ1v) is 12.7. The number of nitrogens with zero attached hydrogens (tertiary/aromatic N) is 1. The fourth-order valence-electron chi connectivity index (χ4n) is 5.32. The number of rotatable bonds is 1. The van der Waals surface area contributed by atoms with Crippen molar-refractivity contribution >= 4 is 84.8 Å². The Morgan fingerprint density at radius 2 is 1.24 bits per heavy atom. The molecule has 0 aliphatic heterocycles. The highest BCUT2D eigenvalue weighted by Crippen LogP contribution is 2.46. The second-order valence-corrected chi connectivity index (χ2v) is 11.0. The van der Waals surface area contributed by atoms with Crippen LogP contribution in [0.3, 0.4) is 0 Å². The molecule has 8 aromatic rings. The molecule has 1 nitrogen and oxygen atoms in total. The van der Waals surface area contributed by atoms with Gasteiger partial charge >= 0.3 is 0 Å². The van der Waals surface area contributed by atoms with E-state index in [1.165, 1.54) is 67.8 Å².